The number of hydrogen-bond donors (Lipinski definition) is 1. The monoisotopic (exact) mass is 359 g/mol. The first kappa shape index (κ1) is 17.9. The number of amides is 1. The summed E-state index contributed by atoms with van der Waals surface area (Å²) in [6, 6.07) is 6.64. The van der Waals surface area contributed by atoms with Crippen molar-refractivity contribution in [2.45, 2.75) is 38.1 Å². The predicted octanol–water partition coefficient (Wildman–Crippen LogP) is 2.14. The number of aryl methyl sites for hydroxylation is 1. The fourth-order valence-electron chi connectivity index (χ4n) is 3.07. The van der Waals surface area contributed by atoms with Gasteiger partial charge in [0.1, 0.15) is 11.8 Å². The van der Waals surface area contributed by atoms with Crippen LogP contribution in [0.3, 0.4) is 0 Å². The summed E-state index contributed by atoms with van der Waals surface area (Å²) in [7, 11) is 1.60. The molecule has 2 aromatic rings. The van der Waals surface area contributed by atoms with Gasteiger partial charge in [-0.2, -0.15) is 4.98 Å². The molecule has 8 nitrogen and oxygen atoms in total. The minimum atomic E-state index is -0.933. The minimum Gasteiger partial charge on any atom is -0.497 e. The van der Waals surface area contributed by atoms with Crippen LogP contribution in [0.15, 0.2) is 28.8 Å². The molecule has 1 aromatic carbocycles. The summed E-state index contributed by atoms with van der Waals surface area (Å²) in [5.74, 6) is 0.624. The molecule has 1 aliphatic heterocycles. The maximum absolute atomic E-state index is 12.2. The zero-order valence-electron chi connectivity index (χ0n) is 14.6. The van der Waals surface area contributed by atoms with Gasteiger partial charge in [-0.25, -0.2) is 4.79 Å². The number of benzene rings is 1. The molecule has 138 valence electrons. The number of methoxy groups -OCH3 is 1. The number of carboxylic acid groups (broad SMARTS) is 1. The van der Waals surface area contributed by atoms with Crippen LogP contribution in [0, 0.1) is 0 Å². The first-order valence-electron chi connectivity index (χ1n) is 8.58. The number of aliphatic carboxylic acids is 1. The number of carbonyl (C=O) groups excluding carboxylic acids is 1. The van der Waals surface area contributed by atoms with E-state index in [1.165, 1.54) is 4.90 Å². The van der Waals surface area contributed by atoms with Crippen molar-refractivity contribution >= 4 is 11.9 Å². The molecule has 0 radical (unpaired) electrons. The SMILES string of the molecule is COc1ccc(-c2noc(CCCC(=O)N3CCCC3C(=O)O)n2)cc1. The Morgan fingerprint density at radius 2 is 2.12 bits per heavy atom. The summed E-state index contributed by atoms with van der Waals surface area (Å²) in [6.45, 7) is 0.512. The lowest BCUT2D eigenvalue weighted by atomic mass is 10.2. The third kappa shape index (κ3) is 4.01. The Bertz CT molecular complexity index is 771. The van der Waals surface area contributed by atoms with Gasteiger partial charge in [-0.3, -0.25) is 4.79 Å². The van der Waals surface area contributed by atoms with Crippen LogP contribution >= 0.6 is 0 Å². The first-order valence-corrected chi connectivity index (χ1v) is 8.58. The van der Waals surface area contributed by atoms with E-state index >= 15 is 0 Å². The molecule has 2 heterocycles. The zero-order chi connectivity index (χ0) is 18.5. The quantitative estimate of drug-likeness (QED) is 0.807. The van der Waals surface area contributed by atoms with Crippen LogP contribution < -0.4 is 4.74 Å². The van der Waals surface area contributed by atoms with Crippen LogP contribution in [-0.4, -0.2) is 51.7 Å². The summed E-state index contributed by atoms with van der Waals surface area (Å²) < 4.78 is 10.3. The molecule has 1 N–H and O–H groups in total. The van der Waals surface area contributed by atoms with Crippen molar-refractivity contribution in [1.29, 1.82) is 0 Å². The highest BCUT2D eigenvalue weighted by Crippen LogP contribution is 2.21. The molecule has 1 aromatic heterocycles. The van der Waals surface area contributed by atoms with Crippen molar-refractivity contribution < 1.29 is 24.0 Å². The lowest BCUT2D eigenvalue weighted by Crippen LogP contribution is -2.40. The minimum absolute atomic E-state index is 0.134. The van der Waals surface area contributed by atoms with Crippen LogP contribution in [0.5, 0.6) is 5.75 Å². The zero-order valence-corrected chi connectivity index (χ0v) is 14.6. The van der Waals surface area contributed by atoms with E-state index < -0.39 is 12.0 Å². The summed E-state index contributed by atoms with van der Waals surface area (Å²) in [6.07, 6.45) is 2.53. The van der Waals surface area contributed by atoms with Gasteiger partial charge in [0.25, 0.3) is 0 Å². The Balaban J connectivity index is 1.52. The van der Waals surface area contributed by atoms with Gasteiger partial charge in [-0.1, -0.05) is 5.16 Å². The number of rotatable bonds is 7. The molecule has 8 heteroatoms. The topological polar surface area (TPSA) is 106 Å². The number of carbonyl (C=O) groups is 2. The fraction of sp³-hybridized carbons (Fsp3) is 0.444. The molecule has 3 rings (SSSR count). The molecule has 26 heavy (non-hydrogen) atoms. The Hall–Kier alpha value is -2.90. The summed E-state index contributed by atoms with van der Waals surface area (Å²) >= 11 is 0. The van der Waals surface area contributed by atoms with Crippen molar-refractivity contribution in [1.82, 2.24) is 15.0 Å². The average Bonchev–Trinajstić information content (AvgIpc) is 3.31. The van der Waals surface area contributed by atoms with Crippen LogP contribution in [0.25, 0.3) is 11.4 Å². The highest BCUT2D eigenvalue weighted by atomic mass is 16.5. The number of aromatic nitrogens is 2. The van der Waals surface area contributed by atoms with Crippen molar-refractivity contribution in [2.24, 2.45) is 0 Å². The third-order valence-electron chi connectivity index (χ3n) is 4.46. The highest BCUT2D eigenvalue weighted by Gasteiger charge is 2.33. The Morgan fingerprint density at radius 1 is 1.35 bits per heavy atom. The highest BCUT2D eigenvalue weighted by molar-refractivity contribution is 5.84. The number of carboxylic acids is 1. The van der Waals surface area contributed by atoms with Crippen molar-refractivity contribution in [3.8, 4) is 17.1 Å². The second-order valence-electron chi connectivity index (χ2n) is 6.18. The lowest BCUT2D eigenvalue weighted by Gasteiger charge is -2.21. The van der Waals surface area contributed by atoms with E-state index in [9.17, 15) is 9.59 Å². The average molecular weight is 359 g/mol. The van der Waals surface area contributed by atoms with E-state index in [0.717, 1.165) is 17.7 Å². The largest absolute Gasteiger partial charge is 0.497 e. The van der Waals surface area contributed by atoms with Gasteiger partial charge in [0.05, 0.1) is 7.11 Å². The smallest absolute Gasteiger partial charge is 0.326 e. The standard InChI is InChI=1S/C18H21N3O5/c1-25-13-9-7-12(8-10-13)17-19-15(26-20-17)5-2-6-16(22)21-11-3-4-14(21)18(23)24/h7-10,14H,2-6,11H2,1H3,(H,23,24). The van der Waals surface area contributed by atoms with Gasteiger partial charge in [0.15, 0.2) is 0 Å². The molecule has 0 saturated carbocycles. The van der Waals surface area contributed by atoms with E-state index in [1.54, 1.807) is 7.11 Å². The number of likely N-dealkylation sites (tertiary alicyclic amines) is 1. The molecule has 1 saturated heterocycles. The maximum Gasteiger partial charge on any atom is 0.326 e. The Kier molecular flexibility index (Phi) is 5.50. The van der Waals surface area contributed by atoms with Crippen molar-refractivity contribution in [3.63, 3.8) is 0 Å². The van der Waals surface area contributed by atoms with E-state index in [-0.39, 0.29) is 12.3 Å². The molecule has 1 atom stereocenters. The second kappa shape index (κ2) is 7.99. The Morgan fingerprint density at radius 3 is 2.81 bits per heavy atom. The van der Waals surface area contributed by atoms with Crippen molar-refractivity contribution in [2.75, 3.05) is 13.7 Å². The first-order chi connectivity index (χ1) is 12.6. The van der Waals surface area contributed by atoms with Crippen LogP contribution in [-0.2, 0) is 16.0 Å². The van der Waals surface area contributed by atoms with E-state index in [0.29, 0.717) is 37.5 Å². The maximum atomic E-state index is 12.2. The fourth-order valence-corrected chi connectivity index (χ4v) is 3.07. The normalized spacial score (nSPS) is 16.7. The van der Waals surface area contributed by atoms with Crippen LogP contribution in [0.1, 0.15) is 31.6 Å². The summed E-state index contributed by atoms with van der Waals surface area (Å²) in [5.41, 5.74) is 0.818. The molecular weight excluding hydrogens is 338 g/mol. The van der Waals surface area contributed by atoms with E-state index in [4.69, 9.17) is 14.4 Å². The van der Waals surface area contributed by atoms with Gasteiger partial charge < -0.3 is 19.3 Å². The summed E-state index contributed by atoms with van der Waals surface area (Å²) in [4.78, 5) is 29.2. The lowest BCUT2D eigenvalue weighted by molar-refractivity contribution is -0.148. The summed E-state index contributed by atoms with van der Waals surface area (Å²) in [5, 5.41) is 13.1. The van der Waals surface area contributed by atoms with Gasteiger partial charge in [0, 0.05) is 24.9 Å². The molecule has 1 amide bonds. The molecule has 0 spiro atoms. The van der Waals surface area contributed by atoms with Gasteiger partial charge >= 0.3 is 5.97 Å². The predicted molar refractivity (Wildman–Crippen MR) is 91.6 cm³/mol. The van der Waals surface area contributed by atoms with Crippen LogP contribution in [0.2, 0.25) is 0 Å². The van der Waals surface area contributed by atoms with E-state index in [1.807, 2.05) is 24.3 Å². The van der Waals surface area contributed by atoms with Gasteiger partial charge in [-0.05, 0) is 43.5 Å². The molecular formula is C18H21N3O5. The van der Waals surface area contributed by atoms with E-state index in [2.05, 4.69) is 10.1 Å². The Labute approximate surface area is 150 Å². The molecule has 1 aliphatic rings. The second-order valence-corrected chi connectivity index (χ2v) is 6.18. The van der Waals surface area contributed by atoms with Gasteiger partial charge in [-0.15, -0.1) is 0 Å². The van der Waals surface area contributed by atoms with Crippen molar-refractivity contribution in [3.05, 3.63) is 30.2 Å². The number of ether oxygens (including phenoxy) is 1. The molecule has 0 aliphatic carbocycles. The van der Waals surface area contributed by atoms with Gasteiger partial charge in [0.2, 0.25) is 17.6 Å². The van der Waals surface area contributed by atoms with Crippen LogP contribution in [0.4, 0.5) is 0 Å². The molecule has 0 bridgehead atoms. The third-order valence-corrected chi connectivity index (χ3v) is 4.46. The number of hydrogen-bond acceptors (Lipinski definition) is 6. The molecule has 1 unspecified atom stereocenters. The number of nitrogens with zero attached hydrogens (tertiary/aromatic N) is 3. The molecule has 1 fully saturated rings.